The Kier molecular flexibility index (Phi) is 6.08. The molecule has 1 saturated heterocycles. The van der Waals surface area contributed by atoms with Gasteiger partial charge in [0.1, 0.15) is 5.44 Å². The Labute approximate surface area is 131 Å². The van der Waals surface area contributed by atoms with Crippen molar-refractivity contribution in [3.8, 4) is 0 Å². The predicted molar refractivity (Wildman–Crippen MR) is 87.6 cm³/mol. The second-order valence-corrected chi connectivity index (χ2v) is 6.73. The molecule has 3 atom stereocenters. The minimum Gasteiger partial charge on any atom is -0.373 e. The van der Waals surface area contributed by atoms with Crippen LogP contribution in [0.2, 0.25) is 0 Å². The van der Waals surface area contributed by atoms with E-state index in [1.807, 2.05) is 32.3 Å². The molecule has 3 unspecified atom stereocenters. The highest BCUT2D eigenvalue weighted by molar-refractivity contribution is 8.14. The Morgan fingerprint density at radius 1 is 1.33 bits per heavy atom. The average molecular weight is 308 g/mol. The Morgan fingerprint density at radius 2 is 2.05 bits per heavy atom. The van der Waals surface area contributed by atoms with Crippen LogP contribution in [-0.4, -0.2) is 41.8 Å². The fourth-order valence-electron chi connectivity index (χ4n) is 2.28. The number of ether oxygens (including phenoxy) is 2. The summed E-state index contributed by atoms with van der Waals surface area (Å²) < 4.78 is 11.9. The summed E-state index contributed by atoms with van der Waals surface area (Å²) >= 11 is 1.46. The maximum absolute atomic E-state index is 7.92. The van der Waals surface area contributed by atoms with Gasteiger partial charge >= 0.3 is 0 Å². The molecule has 1 aliphatic heterocycles. The lowest BCUT2D eigenvalue weighted by molar-refractivity contribution is -0.0828. The van der Waals surface area contributed by atoms with Crippen LogP contribution in [0.4, 0.5) is 0 Å². The van der Waals surface area contributed by atoms with E-state index in [9.17, 15) is 0 Å². The van der Waals surface area contributed by atoms with E-state index in [0.29, 0.717) is 11.8 Å². The molecule has 1 aliphatic rings. The number of amidine groups is 1. The monoisotopic (exact) mass is 308 g/mol. The average Bonchev–Trinajstić information content (AvgIpc) is 2.45. The normalized spacial score (nSPS) is 25.6. The molecule has 1 fully saturated rings. The summed E-state index contributed by atoms with van der Waals surface area (Å²) in [5.74, 6) is 0. The fourth-order valence-corrected chi connectivity index (χ4v) is 3.30. The van der Waals surface area contributed by atoms with Gasteiger partial charge in [0.2, 0.25) is 0 Å². The Hall–Kier alpha value is -1.04. The lowest BCUT2D eigenvalue weighted by atomic mass is 10.1. The van der Waals surface area contributed by atoms with E-state index in [1.54, 1.807) is 4.90 Å². The molecule has 1 aromatic carbocycles. The van der Waals surface area contributed by atoms with Gasteiger partial charge in [0.15, 0.2) is 5.17 Å². The SMILES string of the molecule is CC1CC(OCc2ccccc2)CC(SC(=N)N(C)C)O1. The molecule has 2 rings (SSSR count). The van der Waals surface area contributed by atoms with Gasteiger partial charge in [-0.25, -0.2) is 0 Å². The summed E-state index contributed by atoms with van der Waals surface area (Å²) in [4.78, 5) is 1.80. The molecule has 0 bridgehead atoms. The third-order valence-electron chi connectivity index (χ3n) is 3.41. The van der Waals surface area contributed by atoms with Gasteiger partial charge in [0.25, 0.3) is 0 Å². The van der Waals surface area contributed by atoms with Crippen LogP contribution in [0, 0.1) is 5.41 Å². The summed E-state index contributed by atoms with van der Waals surface area (Å²) in [6.07, 6.45) is 2.12. The third-order valence-corrected chi connectivity index (χ3v) is 4.57. The topological polar surface area (TPSA) is 45.5 Å². The maximum atomic E-state index is 7.92. The van der Waals surface area contributed by atoms with E-state index >= 15 is 0 Å². The number of rotatable bonds is 4. The van der Waals surface area contributed by atoms with Crippen molar-refractivity contribution in [1.82, 2.24) is 4.90 Å². The van der Waals surface area contributed by atoms with E-state index in [2.05, 4.69) is 19.1 Å². The first kappa shape index (κ1) is 16.3. The minimum atomic E-state index is 0.00410. The predicted octanol–water partition coefficient (Wildman–Crippen LogP) is 3.33. The summed E-state index contributed by atoms with van der Waals surface area (Å²) in [5, 5.41) is 8.44. The number of hydrogen-bond acceptors (Lipinski definition) is 4. The van der Waals surface area contributed by atoms with E-state index in [1.165, 1.54) is 17.3 Å². The molecule has 1 N–H and O–H groups in total. The standard InChI is InChI=1S/C16H24N2O2S/c1-12-9-14(19-11-13-7-5-4-6-8-13)10-15(20-12)21-16(17)18(2)3/h4-8,12,14-15,17H,9-11H2,1-3H3. The zero-order chi connectivity index (χ0) is 15.2. The van der Waals surface area contributed by atoms with Crippen LogP contribution in [-0.2, 0) is 16.1 Å². The van der Waals surface area contributed by atoms with Crippen molar-refractivity contribution < 1.29 is 9.47 Å². The van der Waals surface area contributed by atoms with Gasteiger partial charge in [-0.2, -0.15) is 0 Å². The van der Waals surface area contributed by atoms with Crippen molar-refractivity contribution in [3.63, 3.8) is 0 Å². The summed E-state index contributed by atoms with van der Waals surface area (Å²) in [6.45, 7) is 2.71. The van der Waals surface area contributed by atoms with Crippen LogP contribution in [0.25, 0.3) is 0 Å². The molecule has 21 heavy (non-hydrogen) atoms. The Balaban J connectivity index is 1.84. The minimum absolute atomic E-state index is 0.00410. The van der Waals surface area contributed by atoms with Gasteiger partial charge in [-0.3, -0.25) is 5.41 Å². The largest absolute Gasteiger partial charge is 0.373 e. The van der Waals surface area contributed by atoms with Crippen molar-refractivity contribution >= 4 is 16.9 Å². The first-order chi connectivity index (χ1) is 10.0. The number of nitrogens with one attached hydrogen (secondary N) is 1. The second kappa shape index (κ2) is 7.82. The molecule has 0 amide bonds. The number of nitrogens with zero attached hydrogens (tertiary/aromatic N) is 1. The molecular weight excluding hydrogens is 284 g/mol. The van der Waals surface area contributed by atoms with Crippen LogP contribution in [0.3, 0.4) is 0 Å². The maximum Gasteiger partial charge on any atom is 0.158 e. The van der Waals surface area contributed by atoms with Gasteiger partial charge in [-0.05, 0) is 18.9 Å². The van der Waals surface area contributed by atoms with Crippen LogP contribution in [0.5, 0.6) is 0 Å². The van der Waals surface area contributed by atoms with Crippen molar-refractivity contribution in [3.05, 3.63) is 35.9 Å². The molecule has 0 aromatic heterocycles. The van der Waals surface area contributed by atoms with Crippen LogP contribution in [0.1, 0.15) is 25.3 Å². The lowest BCUT2D eigenvalue weighted by Crippen LogP contribution is -2.35. The summed E-state index contributed by atoms with van der Waals surface area (Å²) in [7, 11) is 3.76. The molecular formula is C16H24N2O2S. The fraction of sp³-hybridized carbons (Fsp3) is 0.562. The van der Waals surface area contributed by atoms with Crippen molar-refractivity contribution in [2.75, 3.05) is 14.1 Å². The third kappa shape index (κ3) is 5.34. The molecule has 1 heterocycles. The first-order valence-corrected chi connectivity index (χ1v) is 8.16. The van der Waals surface area contributed by atoms with Gasteiger partial charge in [-0.1, -0.05) is 42.1 Å². The van der Waals surface area contributed by atoms with E-state index in [-0.39, 0.29) is 17.6 Å². The zero-order valence-electron chi connectivity index (χ0n) is 12.9. The quantitative estimate of drug-likeness (QED) is 0.684. The van der Waals surface area contributed by atoms with E-state index in [0.717, 1.165) is 12.8 Å². The highest BCUT2D eigenvalue weighted by atomic mass is 32.2. The molecule has 5 heteroatoms. The number of hydrogen-bond donors (Lipinski definition) is 1. The second-order valence-electron chi connectivity index (χ2n) is 5.58. The summed E-state index contributed by atoms with van der Waals surface area (Å²) in [5.41, 5.74) is 1.20. The van der Waals surface area contributed by atoms with Gasteiger partial charge in [-0.15, -0.1) is 0 Å². The summed E-state index contributed by atoms with van der Waals surface area (Å²) in [6, 6.07) is 10.2. The van der Waals surface area contributed by atoms with Gasteiger partial charge in [0, 0.05) is 20.5 Å². The van der Waals surface area contributed by atoms with Crippen molar-refractivity contribution in [2.45, 2.75) is 44.0 Å². The molecule has 1 aromatic rings. The van der Waals surface area contributed by atoms with Crippen LogP contribution in [0.15, 0.2) is 30.3 Å². The number of benzene rings is 1. The highest BCUT2D eigenvalue weighted by Gasteiger charge is 2.29. The zero-order valence-corrected chi connectivity index (χ0v) is 13.7. The molecule has 4 nitrogen and oxygen atoms in total. The van der Waals surface area contributed by atoms with E-state index in [4.69, 9.17) is 14.9 Å². The van der Waals surface area contributed by atoms with E-state index < -0.39 is 0 Å². The number of thioether (sulfide) groups is 1. The Morgan fingerprint density at radius 3 is 2.71 bits per heavy atom. The highest BCUT2D eigenvalue weighted by Crippen LogP contribution is 2.30. The van der Waals surface area contributed by atoms with Crippen molar-refractivity contribution in [1.29, 1.82) is 5.41 Å². The molecule has 0 spiro atoms. The van der Waals surface area contributed by atoms with Crippen LogP contribution < -0.4 is 0 Å². The van der Waals surface area contributed by atoms with Gasteiger partial charge in [0.05, 0.1) is 18.8 Å². The Bertz CT molecular complexity index is 453. The first-order valence-electron chi connectivity index (χ1n) is 7.28. The molecule has 0 aliphatic carbocycles. The molecule has 0 saturated carbocycles. The molecule has 116 valence electrons. The lowest BCUT2D eigenvalue weighted by Gasteiger charge is -2.34. The smallest absolute Gasteiger partial charge is 0.158 e. The molecule has 0 radical (unpaired) electrons. The van der Waals surface area contributed by atoms with Crippen molar-refractivity contribution in [2.24, 2.45) is 0 Å². The van der Waals surface area contributed by atoms with Crippen LogP contribution >= 0.6 is 11.8 Å². The van der Waals surface area contributed by atoms with Gasteiger partial charge < -0.3 is 14.4 Å².